The Kier molecular flexibility index (Phi) is 7.94. The number of nitrogens with two attached hydrogens (primary N) is 1. The minimum absolute atomic E-state index is 0.116. The molecule has 0 spiro atoms. The first kappa shape index (κ1) is 20.3. The third kappa shape index (κ3) is 6.69. The van der Waals surface area contributed by atoms with Crippen molar-refractivity contribution >= 4 is 39.3 Å². The highest BCUT2D eigenvalue weighted by Gasteiger charge is 2.16. The number of halogens is 2. The molecule has 7 heteroatoms. The molecule has 0 radical (unpaired) electrons. The third-order valence-corrected chi connectivity index (χ3v) is 4.59. The molecule has 0 aliphatic rings. The van der Waals surface area contributed by atoms with Crippen molar-refractivity contribution in [1.29, 1.82) is 0 Å². The number of rotatable bonds is 9. The Bertz CT molecular complexity index is 756. The molecule has 2 N–H and O–H groups in total. The maximum absolute atomic E-state index is 12.5. The molecule has 0 aliphatic carbocycles. The van der Waals surface area contributed by atoms with Gasteiger partial charge in [0.05, 0.1) is 4.47 Å². The maximum Gasteiger partial charge on any atom is 0.260 e. The van der Waals surface area contributed by atoms with Crippen LogP contribution < -0.4 is 10.5 Å². The first-order valence-corrected chi connectivity index (χ1v) is 9.30. The summed E-state index contributed by atoms with van der Waals surface area (Å²) in [7, 11) is 0. The Balaban J connectivity index is 1.96. The van der Waals surface area contributed by atoms with E-state index >= 15 is 0 Å². The summed E-state index contributed by atoms with van der Waals surface area (Å²) in [5, 5.41) is 0.571. The Morgan fingerprint density at radius 1 is 1.12 bits per heavy atom. The van der Waals surface area contributed by atoms with Crippen molar-refractivity contribution in [2.75, 3.05) is 19.7 Å². The lowest BCUT2D eigenvalue weighted by Crippen LogP contribution is -2.38. The lowest BCUT2D eigenvalue weighted by atomic mass is 10.1. The van der Waals surface area contributed by atoms with Gasteiger partial charge in [0.25, 0.3) is 5.91 Å². The molecule has 2 rings (SSSR count). The molecular formula is C19H20BrClN2O3. The second kappa shape index (κ2) is 10.2. The van der Waals surface area contributed by atoms with Crippen molar-refractivity contribution in [2.45, 2.75) is 12.8 Å². The van der Waals surface area contributed by atoms with Crippen molar-refractivity contribution in [3.05, 3.63) is 63.6 Å². The van der Waals surface area contributed by atoms with Gasteiger partial charge >= 0.3 is 0 Å². The molecule has 0 bridgehead atoms. The molecule has 2 aromatic rings. The van der Waals surface area contributed by atoms with Crippen LogP contribution in [0, 0.1) is 0 Å². The molecular weight excluding hydrogens is 420 g/mol. The van der Waals surface area contributed by atoms with Gasteiger partial charge in [-0.05, 0) is 46.1 Å². The van der Waals surface area contributed by atoms with Crippen LogP contribution in [0.5, 0.6) is 5.75 Å². The monoisotopic (exact) mass is 438 g/mol. The molecule has 26 heavy (non-hydrogen) atoms. The molecule has 0 aromatic heterocycles. The maximum atomic E-state index is 12.5. The van der Waals surface area contributed by atoms with Crippen LogP contribution in [0.1, 0.15) is 12.0 Å². The SMILES string of the molecule is NC(=O)CCN(CCc1ccccc1)C(=O)COc1ccc(Cl)cc1Br. The molecule has 5 nitrogen and oxygen atoms in total. The van der Waals surface area contributed by atoms with E-state index in [4.69, 9.17) is 22.1 Å². The minimum Gasteiger partial charge on any atom is -0.483 e. The number of carbonyl (C=O) groups is 2. The van der Waals surface area contributed by atoms with Gasteiger partial charge in [0.2, 0.25) is 5.91 Å². The van der Waals surface area contributed by atoms with Gasteiger partial charge in [0, 0.05) is 24.5 Å². The molecule has 0 saturated carbocycles. The van der Waals surface area contributed by atoms with E-state index in [0.29, 0.717) is 28.2 Å². The molecule has 0 unspecified atom stereocenters. The number of ether oxygens (including phenoxy) is 1. The Hall–Kier alpha value is -2.05. The average molecular weight is 440 g/mol. The normalized spacial score (nSPS) is 10.4. The largest absolute Gasteiger partial charge is 0.483 e. The predicted octanol–water partition coefficient (Wildman–Crippen LogP) is 3.43. The summed E-state index contributed by atoms with van der Waals surface area (Å²) >= 11 is 9.25. The van der Waals surface area contributed by atoms with Crippen molar-refractivity contribution < 1.29 is 14.3 Å². The van der Waals surface area contributed by atoms with Crippen molar-refractivity contribution in [1.82, 2.24) is 4.90 Å². The zero-order valence-corrected chi connectivity index (χ0v) is 16.5. The van der Waals surface area contributed by atoms with Gasteiger partial charge in [-0.25, -0.2) is 0 Å². The molecule has 0 heterocycles. The number of hydrogen-bond acceptors (Lipinski definition) is 3. The lowest BCUT2D eigenvalue weighted by molar-refractivity contribution is -0.133. The van der Waals surface area contributed by atoms with Crippen LogP contribution in [0.25, 0.3) is 0 Å². The molecule has 0 atom stereocenters. The van der Waals surface area contributed by atoms with E-state index in [0.717, 1.165) is 5.56 Å². The highest BCUT2D eigenvalue weighted by atomic mass is 79.9. The lowest BCUT2D eigenvalue weighted by Gasteiger charge is -2.22. The highest BCUT2D eigenvalue weighted by Crippen LogP contribution is 2.27. The first-order valence-electron chi connectivity index (χ1n) is 8.13. The predicted molar refractivity (Wildman–Crippen MR) is 105 cm³/mol. The fourth-order valence-corrected chi connectivity index (χ4v) is 3.14. The van der Waals surface area contributed by atoms with Crippen LogP contribution in [-0.2, 0) is 16.0 Å². The second-order valence-corrected chi connectivity index (χ2v) is 6.99. The Morgan fingerprint density at radius 2 is 1.85 bits per heavy atom. The summed E-state index contributed by atoms with van der Waals surface area (Å²) in [5.74, 6) is -0.117. The van der Waals surface area contributed by atoms with Gasteiger partial charge in [-0.15, -0.1) is 0 Å². The average Bonchev–Trinajstić information content (AvgIpc) is 2.61. The van der Waals surface area contributed by atoms with Crippen LogP contribution in [0.2, 0.25) is 5.02 Å². The Labute approximate surface area is 166 Å². The second-order valence-electron chi connectivity index (χ2n) is 5.70. The summed E-state index contributed by atoms with van der Waals surface area (Å²) in [4.78, 5) is 25.2. The van der Waals surface area contributed by atoms with Crippen molar-refractivity contribution in [2.24, 2.45) is 5.73 Å². The van der Waals surface area contributed by atoms with E-state index in [1.807, 2.05) is 30.3 Å². The van der Waals surface area contributed by atoms with Crippen molar-refractivity contribution in [3.8, 4) is 5.75 Å². The summed E-state index contributed by atoms with van der Waals surface area (Å²) in [6, 6.07) is 14.9. The van der Waals surface area contributed by atoms with E-state index in [2.05, 4.69) is 15.9 Å². The molecule has 0 fully saturated rings. The van der Waals surface area contributed by atoms with Crippen molar-refractivity contribution in [3.63, 3.8) is 0 Å². The standard InChI is InChI=1S/C19H20BrClN2O3/c20-16-12-15(21)6-7-17(16)26-13-19(25)23(11-9-18(22)24)10-8-14-4-2-1-3-5-14/h1-7,12H,8-11,13H2,(H2,22,24). The number of hydrogen-bond donors (Lipinski definition) is 1. The number of benzene rings is 2. The molecule has 2 amide bonds. The van der Waals surface area contributed by atoms with Gasteiger partial charge in [0.1, 0.15) is 5.75 Å². The number of primary amides is 1. The first-order chi connectivity index (χ1) is 12.5. The summed E-state index contributed by atoms with van der Waals surface area (Å²) in [6.45, 7) is 0.626. The van der Waals surface area contributed by atoms with E-state index in [-0.39, 0.29) is 25.5 Å². The van der Waals surface area contributed by atoms with E-state index in [1.165, 1.54) is 0 Å². The number of carbonyl (C=O) groups excluding carboxylic acids is 2. The quantitative estimate of drug-likeness (QED) is 0.650. The molecule has 0 aliphatic heterocycles. The number of amides is 2. The highest BCUT2D eigenvalue weighted by molar-refractivity contribution is 9.10. The smallest absolute Gasteiger partial charge is 0.260 e. The zero-order valence-electron chi connectivity index (χ0n) is 14.2. The van der Waals surface area contributed by atoms with Crippen LogP contribution in [0.4, 0.5) is 0 Å². The topological polar surface area (TPSA) is 72.6 Å². The fraction of sp³-hybridized carbons (Fsp3) is 0.263. The van der Waals surface area contributed by atoms with E-state index < -0.39 is 5.91 Å². The van der Waals surface area contributed by atoms with Gasteiger partial charge in [-0.3, -0.25) is 9.59 Å². The van der Waals surface area contributed by atoms with Crippen LogP contribution >= 0.6 is 27.5 Å². The third-order valence-electron chi connectivity index (χ3n) is 3.74. The summed E-state index contributed by atoms with van der Waals surface area (Å²) < 4.78 is 6.25. The van der Waals surface area contributed by atoms with Gasteiger partial charge in [-0.1, -0.05) is 41.9 Å². The van der Waals surface area contributed by atoms with Gasteiger partial charge in [-0.2, -0.15) is 0 Å². The van der Waals surface area contributed by atoms with Crippen LogP contribution in [0.15, 0.2) is 53.0 Å². The fourth-order valence-electron chi connectivity index (χ4n) is 2.34. The molecule has 0 saturated heterocycles. The Morgan fingerprint density at radius 3 is 2.50 bits per heavy atom. The van der Waals surface area contributed by atoms with Crippen LogP contribution in [0.3, 0.4) is 0 Å². The molecule has 2 aromatic carbocycles. The minimum atomic E-state index is -0.441. The van der Waals surface area contributed by atoms with E-state index in [1.54, 1.807) is 23.1 Å². The molecule has 138 valence electrons. The van der Waals surface area contributed by atoms with Crippen LogP contribution in [-0.4, -0.2) is 36.4 Å². The van der Waals surface area contributed by atoms with Gasteiger partial charge < -0.3 is 15.4 Å². The summed E-state index contributed by atoms with van der Waals surface area (Å²) in [6.07, 6.45) is 0.807. The zero-order chi connectivity index (χ0) is 18.9. The van der Waals surface area contributed by atoms with Gasteiger partial charge in [0.15, 0.2) is 6.61 Å². The van der Waals surface area contributed by atoms with E-state index in [9.17, 15) is 9.59 Å². The number of nitrogens with zero attached hydrogens (tertiary/aromatic N) is 1. The summed E-state index contributed by atoms with van der Waals surface area (Å²) in [5.41, 5.74) is 6.34.